The topological polar surface area (TPSA) is 75.1 Å². The lowest BCUT2D eigenvalue weighted by Crippen LogP contribution is -2.44. The molecule has 0 unspecified atom stereocenters. The number of rotatable bonds is 7. The predicted molar refractivity (Wildman–Crippen MR) is 89.7 cm³/mol. The molecule has 3 rings (SSSR count). The fourth-order valence-corrected chi connectivity index (χ4v) is 3.27. The molecule has 2 aromatic rings. The first kappa shape index (κ1) is 16.1. The summed E-state index contributed by atoms with van der Waals surface area (Å²) >= 11 is 1.67. The van der Waals surface area contributed by atoms with Crippen molar-refractivity contribution in [2.75, 3.05) is 39.3 Å². The summed E-state index contributed by atoms with van der Waals surface area (Å²) in [5.74, 6) is -0.150. The molecule has 0 saturated carbocycles. The number of nitrogens with zero attached hydrogens (tertiary/aromatic N) is 4. The minimum atomic E-state index is -0.150. The standard InChI is InChI=1S/C15H22N6OS/c22-15(17-4-2-7-20-8-5-16-6-9-20)14-12-21(19-18-14)11-13-3-1-10-23-13/h1,3,10,12,16H,2,4-9,11H2,(H,17,22). The van der Waals surface area contributed by atoms with E-state index in [-0.39, 0.29) is 5.91 Å². The maximum Gasteiger partial charge on any atom is 0.273 e. The normalized spacial score (nSPS) is 15.7. The highest BCUT2D eigenvalue weighted by Gasteiger charge is 2.12. The zero-order chi connectivity index (χ0) is 15.9. The molecule has 0 aliphatic carbocycles. The van der Waals surface area contributed by atoms with Gasteiger partial charge in [0.1, 0.15) is 0 Å². The summed E-state index contributed by atoms with van der Waals surface area (Å²) < 4.78 is 1.70. The lowest BCUT2D eigenvalue weighted by molar-refractivity contribution is 0.0946. The average molecular weight is 334 g/mol. The highest BCUT2D eigenvalue weighted by Crippen LogP contribution is 2.09. The van der Waals surface area contributed by atoms with Gasteiger partial charge < -0.3 is 15.5 Å². The zero-order valence-electron chi connectivity index (χ0n) is 13.1. The lowest BCUT2D eigenvalue weighted by atomic mass is 10.3. The molecule has 0 radical (unpaired) electrons. The zero-order valence-corrected chi connectivity index (χ0v) is 13.9. The summed E-state index contributed by atoms with van der Waals surface area (Å²) in [7, 11) is 0. The Labute approximate surface area is 139 Å². The molecular formula is C15H22N6OS. The number of amides is 1. The Kier molecular flexibility index (Phi) is 5.73. The molecule has 1 aliphatic heterocycles. The number of thiophene rings is 1. The number of aromatic nitrogens is 3. The third-order valence-electron chi connectivity index (χ3n) is 3.82. The van der Waals surface area contributed by atoms with Crippen LogP contribution in [0.2, 0.25) is 0 Å². The summed E-state index contributed by atoms with van der Waals surface area (Å²) in [5.41, 5.74) is 0.378. The second-order valence-corrected chi connectivity index (χ2v) is 6.61. The van der Waals surface area contributed by atoms with Crippen LogP contribution in [0.15, 0.2) is 23.7 Å². The molecule has 0 atom stereocenters. The van der Waals surface area contributed by atoms with E-state index in [1.165, 1.54) is 4.88 Å². The molecule has 0 spiro atoms. The fourth-order valence-electron chi connectivity index (χ4n) is 2.57. The second-order valence-electron chi connectivity index (χ2n) is 5.58. The van der Waals surface area contributed by atoms with Crippen molar-refractivity contribution in [3.8, 4) is 0 Å². The molecule has 23 heavy (non-hydrogen) atoms. The second kappa shape index (κ2) is 8.19. The Hall–Kier alpha value is -1.77. The van der Waals surface area contributed by atoms with Crippen LogP contribution in [-0.2, 0) is 6.54 Å². The molecule has 1 saturated heterocycles. The van der Waals surface area contributed by atoms with Gasteiger partial charge in [-0.25, -0.2) is 4.68 Å². The van der Waals surface area contributed by atoms with Crippen molar-refractivity contribution in [1.29, 1.82) is 0 Å². The van der Waals surface area contributed by atoms with Gasteiger partial charge in [-0.15, -0.1) is 16.4 Å². The molecule has 2 N–H and O–H groups in total. The van der Waals surface area contributed by atoms with Gasteiger partial charge >= 0.3 is 0 Å². The molecule has 1 amide bonds. The number of hydrogen-bond acceptors (Lipinski definition) is 6. The van der Waals surface area contributed by atoms with Crippen LogP contribution in [0.4, 0.5) is 0 Å². The summed E-state index contributed by atoms with van der Waals surface area (Å²) in [6, 6.07) is 4.05. The van der Waals surface area contributed by atoms with Crippen LogP contribution < -0.4 is 10.6 Å². The van der Waals surface area contributed by atoms with E-state index in [0.717, 1.165) is 39.1 Å². The molecule has 7 nitrogen and oxygen atoms in total. The predicted octanol–water partition coefficient (Wildman–Crippen LogP) is 0.413. The number of carbonyl (C=O) groups excluding carboxylic acids is 1. The van der Waals surface area contributed by atoms with E-state index in [1.807, 2.05) is 17.5 Å². The van der Waals surface area contributed by atoms with E-state index in [2.05, 4.69) is 25.8 Å². The monoisotopic (exact) mass is 334 g/mol. The van der Waals surface area contributed by atoms with E-state index < -0.39 is 0 Å². The number of hydrogen-bond donors (Lipinski definition) is 2. The Morgan fingerprint density at radius 1 is 1.39 bits per heavy atom. The first-order valence-electron chi connectivity index (χ1n) is 7.95. The molecular weight excluding hydrogens is 312 g/mol. The smallest absolute Gasteiger partial charge is 0.273 e. The highest BCUT2D eigenvalue weighted by molar-refractivity contribution is 7.09. The Balaban J connectivity index is 1.39. The van der Waals surface area contributed by atoms with Crippen molar-refractivity contribution in [1.82, 2.24) is 30.5 Å². The van der Waals surface area contributed by atoms with Crippen molar-refractivity contribution < 1.29 is 4.79 Å². The summed E-state index contributed by atoms with van der Waals surface area (Å²) in [6.07, 6.45) is 2.65. The largest absolute Gasteiger partial charge is 0.351 e. The molecule has 124 valence electrons. The summed E-state index contributed by atoms with van der Waals surface area (Å²) in [4.78, 5) is 15.7. The number of carbonyl (C=O) groups is 1. The summed E-state index contributed by atoms with van der Waals surface area (Å²) in [5, 5.41) is 16.2. The fraction of sp³-hybridized carbons (Fsp3) is 0.533. The lowest BCUT2D eigenvalue weighted by Gasteiger charge is -2.26. The van der Waals surface area contributed by atoms with Crippen molar-refractivity contribution in [3.05, 3.63) is 34.3 Å². The van der Waals surface area contributed by atoms with Crippen LogP contribution in [0.5, 0.6) is 0 Å². The molecule has 3 heterocycles. The molecule has 0 aromatic carbocycles. The Morgan fingerprint density at radius 3 is 3.04 bits per heavy atom. The van der Waals surface area contributed by atoms with Crippen LogP contribution in [0.25, 0.3) is 0 Å². The van der Waals surface area contributed by atoms with E-state index in [9.17, 15) is 4.79 Å². The van der Waals surface area contributed by atoms with Gasteiger partial charge in [-0.1, -0.05) is 11.3 Å². The maximum atomic E-state index is 12.1. The van der Waals surface area contributed by atoms with Gasteiger partial charge in [0.15, 0.2) is 5.69 Å². The van der Waals surface area contributed by atoms with Crippen LogP contribution in [0.1, 0.15) is 21.8 Å². The van der Waals surface area contributed by atoms with Gasteiger partial charge in [-0.05, 0) is 24.4 Å². The van der Waals surface area contributed by atoms with Crippen molar-refractivity contribution in [3.63, 3.8) is 0 Å². The van der Waals surface area contributed by atoms with E-state index in [0.29, 0.717) is 18.8 Å². The van der Waals surface area contributed by atoms with Gasteiger partial charge in [0, 0.05) is 37.6 Å². The molecule has 0 bridgehead atoms. The first-order valence-corrected chi connectivity index (χ1v) is 8.83. The molecule has 2 aromatic heterocycles. The molecule has 1 aliphatic rings. The SMILES string of the molecule is O=C(NCCCN1CCNCC1)c1cn(Cc2cccs2)nn1. The molecule has 8 heteroatoms. The van der Waals surface area contributed by atoms with Crippen molar-refractivity contribution in [2.45, 2.75) is 13.0 Å². The van der Waals surface area contributed by atoms with E-state index in [1.54, 1.807) is 22.2 Å². The van der Waals surface area contributed by atoms with Crippen LogP contribution in [0, 0.1) is 0 Å². The van der Waals surface area contributed by atoms with E-state index >= 15 is 0 Å². The van der Waals surface area contributed by atoms with Gasteiger partial charge in [0.25, 0.3) is 5.91 Å². The average Bonchev–Trinajstić information content (AvgIpc) is 3.25. The van der Waals surface area contributed by atoms with Gasteiger partial charge in [-0.3, -0.25) is 4.79 Å². The minimum absolute atomic E-state index is 0.150. The van der Waals surface area contributed by atoms with Crippen molar-refractivity contribution >= 4 is 17.2 Å². The quantitative estimate of drug-likeness (QED) is 0.718. The van der Waals surface area contributed by atoms with Crippen LogP contribution in [-0.4, -0.2) is 65.1 Å². The van der Waals surface area contributed by atoms with Gasteiger partial charge in [0.05, 0.1) is 12.7 Å². The molecule has 1 fully saturated rings. The van der Waals surface area contributed by atoms with Crippen LogP contribution in [0.3, 0.4) is 0 Å². The van der Waals surface area contributed by atoms with Gasteiger partial charge in [-0.2, -0.15) is 0 Å². The van der Waals surface area contributed by atoms with Crippen LogP contribution >= 0.6 is 11.3 Å². The highest BCUT2D eigenvalue weighted by atomic mass is 32.1. The third kappa shape index (κ3) is 4.85. The van der Waals surface area contributed by atoms with E-state index in [4.69, 9.17) is 0 Å². The minimum Gasteiger partial charge on any atom is -0.351 e. The number of nitrogens with one attached hydrogen (secondary N) is 2. The third-order valence-corrected chi connectivity index (χ3v) is 4.68. The maximum absolute atomic E-state index is 12.1. The van der Waals surface area contributed by atoms with Crippen molar-refractivity contribution in [2.24, 2.45) is 0 Å². The van der Waals surface area contributed by atoms with Gasteiger partial charge in [0.2, 0.25) is 0 Å². The summed E-state index contributed by atoms with van der Waals surface area (Å²) in [6.45, 7) is 6.63. The Bertz CT molecular complexity index is 605. The Morgan fingerprint density at radius 2 is 2.26 bits per heavy atom. The number of piperazine rings is 1. The first-order chi connectivity index (χ1) is 11.3.